The molecule has 2 N–H and O–H groups in total. The molecule has 1 rings (SSSR count). The van der Waals surface area contributed by atoms with Crippen LogP contribution in [0.5, 0.6) is 0 Å². The minimum absolute atomic E-state index is 0.0507. The standard InChI is InChI=1S/C17H24N2O7/c1-10(15(22)24-5)18-14(21)11(19-16(23)26-17(2,3)4)9-12(20)13-7-6-8-25-13/h6-8,10-11H,9H2,1-5H3,(H,18,21)(H,19,23)/t10-,11-/m0/s1. The number of Topliss-reactive ketones (excluding diaryl/α,β-unsaturated/α-hetero) is 1. The van der Waals surface area contributed by atoms with Gasteiger partial charge in [0.15, 0.2) is 5.76 Å². The SMILES string of the molecule is COC(=O)[C@H](C)NC(=O)[C@H](CC(=O)c1ccco1)NC(=O)OC(C)(C)C. The topological polar surface area (TPSA) is 124 Å². The van der Waals surface area contributed by atoms with Gasteiger partial charge in [-0.1, -0.05) is 0 Å². The lowest BCUT2D eigenvalue weighted by Gasteiger charge is -2.23. The fraction of sp³-hybridized carbons (Fsp3) is 0.529. The Balaban J connectivity index is 2.86. The van der Waals surface area contributed by atoms with Gasteiger partial charge in [0.25, 0.3) is 0 Å². The molecule has 0 bridgehead atoms. The summed E-state index contributed by atoms with van der Waals surface area (Å²) in [5, 5.41) is 4.72. The number of carbonyl (C=O) groups excluding carboxylic acids is 4. The Morgan fingerprint density at radius 1 is 1.19 bits per heavy atom. The first-order valence-corrected chi connectivity index (χ1v) is 7.98. The number of furan rings is 1. The molecule has 1 aromatic heterocycles. The second-order valence-corrected chi connectivity index (χ2v) is 6.56. The summed E-state index contributed by atoms with van der Waals surface area (Å²) in [6.07, 6.45) is 0.0886. The van der Waals surface area contributed by atoms with E-state index in [1.807, 2.05) is 0 Å². The van der Waals surface area contributed by atoms with E-state index in [1.54, 1.807) is 20.8 Å². The molecule has 0 aliphatic rings. The van der Waals surface area contributed by atoms with Crippen LogP contribution < -0.4 is 10.6 Å². The fourth-order valence-corrected chi connectivity index (χ4v) is 1.93. The number of nitrogens with one attached hydrogen (secondary N) is 2. The maximum Gasteiger partial charge on any atom is 0.408 e. The van der Waals surface area contributed by atoms with E-state index in [2.05, 4.69) is 15.4 Å². The summed E-state index contributed by atoms with van der Waals surface area (Å²) in [6, 6.07) is 0.772. The van der Waals surface area contributed by atoms with Crippen molar-refractivity contribution in [3.63, 3.8) is 0 Å². The van der Waals surface area contributed by atoms with Gasteiger partial charge < -0.3 is 24.5 Å². The van der Waals surface area contributed by atoms with Crippen molar-refractivity contribution in [2.75, 3.05) is 7.11 Å². The number of rotatable bonds is 7. The van der Waals surface area contributed by atoms with Gasteiger partial charge in [-0.3, -0.25) is 9.59 Å². The van der Waals surface area contributed by atoms with Crippen molar-refractivity contribution in [1.29, 1.82) is 0 Å². The van der Waals surface area contributed by atoms with Crippen molar-refractivity contribution in [3.05, 3.63) is 24.2 Å². The summed E-state index contributed by atoms with van der Waals surface area (Å²) in [5.74, 6) is -1.83. The molecule has 0 saturated heterocycles. The summed E-state index contributed by atoms with van der Waals surface area (Å²) in [5.41, 5.74) is -0.782. The van der Waals surface area contributed by atoms with Gasteiger partial charge in [-0.15, -0.1) is 0 Å². The first-order valence-electron chi connectivity index (χ1n) is 7.98. The highest BCUT2D eigenvalue weighted by atomic mass is 16.6. The van der Waals surface area contributed by atoms with Crippen LogP contribution in [-0.4, -0.2) is 48.5 Å². The number of ketones is 1. The Hall–Kier alpha value is -2.84. The third-order valence-corrected chi connectivity index (χ3v) is 3.11. The van der Waals surface area contributed by atoms with Crippen molar-refractivity contribution in [2.24, 2.45) is 0 Å². The van der Waals surface area contributed by atoms with Crippen molar-refractivity contribution < 1.29 is 33.1 Å². The minimum atomic E-state index is -1.26. The smallest absolute Gasteiger partial charge is 0.408 e. The third kappa shape index (κ3) is 6.96. The van der Waals surface area contributed by atoms with E-state index in [9.17, 15) is 19.2 Å². The minimum Gasteiger partial charge on any atom is -0.467 e. The van der Waals surface area contributed by atoms with Gasteiger partial charge in [-0.05, 0) is 39.8 Å². The molecule has 26 heavy (non-hydrogen) atoms. The van der Waals surface area contributed by atoms with Crippen molar-refractivity contribution in [2.45, 2.75) is 51.8 Å². The lowest BCUT2D eigenvalue weighted by molar-refractivity contribution is -0.144. The first kappa shape index (κ1) is 21.2. The summed E-state index contributed by atoms with van der Waals surface area (Å²) in [4.78, 5) is 48.0. The Kier molecular flexibility index (Phi) is 7.36. The largest absolute Gasteiger partial charge is 0.467 e. The number of carbonyl (C=O) groups is 4. The molecule has 0 saturated carbocycles. The van der Waals surface area contributed by atoms with E-state index in [-0.39, 0.29) is 12.2 Å². The second kappa shape index (κ2) is 9.02. The van der Waals surface area contributed by atoms with Crippen LogP contribution in [0.3, 0.4) is 0 Å². The zero-order chi connectivity index (χ0) is 19.9. The highest BCUT2D eigenvalue weighted by molar-refractivity contribution is 5.99. The van der Waals surface area contributed by atoms with Crippen LogP contribution in [0.15, 0.2) is 22.8 Å². The van der Waals surface area contributed by atoms with Gasteiger partial charge in [0.2, 0.25) is 11.7 Å². The Morgan fingerprint density at radius 2 is 1.85 bits per heavy atom. The predicted molar refractivity (Wildman–Crippen MR) is 90.4 cm³/mol. The van der Waals surface area contributed by atoms with Crippen molar-refractivity contribution >= 4 is 23.8 Å². The average Bonchev–Trinajstić information content (AvgIpc) is 3.05. The van der Waals surface area contributed by atoms with Gasteiger partial charge in [0, 0.05) is 6.42 Å². The van der Waals surface area contributed by atoms with E-state index >= 15 is 0 Å². The number of methoxy groups -OCH3 is 1. The average molecular weight is 368 g/mol. The third-order valence-electron chi connectivity index (χ3n) is 3.11. The molecule has 0 aromatic carbocycles. The molecule has 9 heteroatoms. The Bertz CT molecular complexity index is 647. The Morgan fingerprint density at radius 3 is 2.35 bits per heavy atom. The van der Waals surface area contributed by atoms with E-state index in [1.165, 1.54) is 32.4 Å². The molecule has 0 fully saturated rings. The number of esters is 1. The quantitative estimate of drug-likeness (QED) is 0.551. The van der Waals surface area contributed by atoms with Crippen molar-refractivity contribution in [3.8, 4) is 0 Å². The predicted octanol–water partition coefficient (Wildman–Crippen LogP) is 1.42. The molecule has 2 amide bonds. The molecule has 0 spiro atoms. The van der Waals surface area contributed by atoms with Crippen LogP contribution in [0.1, 0.15) is 44.7 Å². The fourth-order valence-electron chi connectivity index (χ4n) is 1.93. The maximum atomic E-state index is 12.4. The highest BCUT2D eigenvalue weighted by Crippen LogP contribution is 2.10. The molecule has 1 heterocycles. The van der Waals surface area contributed by atoms with E-state index in [4.69, 9.17) is 9.15 Å². The van der Waals surface area contributed by atoms with Gasteiger partial charge in [0.05, 0.1) is 13.4 Å². The summed E-state index contributed by atoms with van der Waals surface area (Å²) < 4.78 is 14.6. The van der Waals surface area contributed by atoms with Crippen LogP contribution in [0.2, 0.25) is 0 Å². The number of alkyl carbamates (subject to hydrolysis) is 1. The molecule has 0 radical (unpaired) electrons. The van der Waals surface area contributed by atoms with Crippen molar-refractivity contribution in [1.82, 2.24) is 10.6 Å². The molecule has 0 unspecified atom stereocenters. The monoisotopic (exact) mass is 368 g/mol. The van der Waals surface area contributed by atoms with Crippen LogP contribution in [0, 0.1) is 0 Å². The first-order chi connectivity index (χ1) is 12.0. The molecule has 9 nitrogen and oxygen atoms in total. The molecule has 2 atom stereocenters. The Labute approximate surface area is 151 Å². The second-order valence-electron chi connectivity index (χ2n) is 6.56. The molecule has 0 aliphatic heterocycles. The summed E-state index contributed by atoms with van der Waals surface area (Å²) >= 11 is 0. The number of hydrogen-bond acceptors (Lipinski definition) is 7. The van der Waals surface area contributed by atoms with Crippen LogP contribution in [0.4, 0.5) is 4.79 Å². The highest BCUT2D eigenvalue weighted by Gasteiger charge is 2.29. The zero-order valence-corrected chi connectivity index (χ0v) is 15.5. The van der Waals surface area contributed by atoms with E-state index in [0.29, 0.717) is 0 Å². The number of ether oxygens (including phenoxy) is 2. The van der Waals surface area contributed by atoms with E-state index < -0.39 is 41.4 Å². The van der Waals surface area contributed by atoms with Gasteiger partial charge in [0.1, 0.15) is 17.7 Å². The number of amides is 2. The molecular formula is C17H24N2O7. The van der Waals surface area contributed by atoms with Crippen LogP contribution >= 0.6 is 0 Å². The summed E-state index contributed by atoms with van der Waals surface area (Å²) in [7, 11) is 1.18. The lowest BCUT2D eigenvalue weighted by Crippen LogP contribution is -2.52. The van der Waals surface area contributed by atoms with Crippen LogP contribution in [0.25, 0.3) is 0 Å². The van der Waals surface area contributed by atoms with Crippen LogP contribution in [-0.2, 0) is 19.1 Å². The molecule has 1 aromatic rings. The normalized spacial score (nSPS) is 13.3. The van der Waals surface area contributed by atoms with Gasteiger partial charge >= 0.3 is 12.1 Å². The maximum absolute atomic E-state index is 12.4. The van der Waals surface area contributed by atoms with E-state index in [0.717, 1.165) is 0 Å². The van der Waals surface area contributed by atoms with Gasteiger partial charge in [-0.25, -0.2) is 9.59 Å². The molecule has 0 aliphatic carbocycles. The van der Waals surface area contributed by atoms with Gasteiger partial charge in [-0.2, -0.15) is 0 Å². The lowest BCUT2D eigenvalue weighted by atomic mass is 10.1. The number of hydrogen-bond donors (Lipinski definition) is 2. The molecular weight excluding hydrogens is 344 g/mol. The summed E-state index contributed by atoms with van der Waals surface area (Å²) in [6.45, 7) is 6.40. The molecule has 144 valence electrons. The zero-order valence-electron chi connectivity index (χ0n) is 15.5.